The summed E-state index contributed by atoms with van der Waals surface area (Å²) >= 11 is 0. The molecule has 0 aliphatic heterocycles. The third-order valence-electron chi connectivity index (χ3n) is 4.80. The molecule has 1 unspecified atom stereocenters. The fraction of sp³-hybridized carbons (Fsp3) is 0.227. The molecule has 0 bridgehead atoms. The van der Waals surface area contributed by atoms with Gasteiger partial charge in [0, 0.05) is 5.39 Å². The van der Waals surface area contributed by atoms with E-state index in [0.717, 1.165) is 17.4 Å². The first-order chi connectivity index (χ1) is 12.9. The van der Waals surface area contributed by atoms with Crippen molar-refractivity contribution >= 4 is 26.6 Å². The fourth-order valence-corrected chi connectivity index (χ4v) is 3.89. The Balaban J connectivity index is 1.85. The van der Waals surface area contributed by atoms with Gasteiger partial charge >= 0.3 is 10.1 Å². The molecule has 0 saturated carbocycles. The Bertz CT molecular complexity index is 1060. The van der Waals surface area contributed by atoms with Crippen molar-refractivity contribution in [1.29, 1.82) is 0 Å². The van der Waals surface area contributed by atoms with Crippen LogP contribution in [0.1, 0.15) is 44.2 Å². The summed E-state index contributed by atoms with van der Waals surface area (Å²) in [6.45, 7) is 6.06. The average molecular weight is 381 g/mol. The minimum atomic E-state index is -4.00. The maximum Gasteiger partial charge on any atom is 0.359 e. The normalized spacial score (nSPS) is 13.5. The summed E-state index contributed by atoms with van der Waals surface area (Å²) in [5.74, 6) is 0.485. The van der Waals surface area contributed by atoms with Gasteiger partial charge < -0.3 is 0 Å². The molecule has 3 aromatic carbocycles. The maximum absolute atomic E-state index is 12.6. The van der Waals surface area contributed by atoms with Crippen LogP contribution in [0.4, 0.5) is 0 Å². The molecule has 27 heavy (non-hydrogen) atoms. The van der Waals surface area contributed by atoms with Crippen molar-refractivity contribution in [2.24, 2.45) is 5.16 Å². The van der Waals surface area contributed by atoms with E-state index in [9.17, 15) is 8.42 Å². The second-order valence-electron chi connectivity index (χ2n) is 6.61. The SMILES string of the molecule is CCC(C)c1ccc(/C(C)=N\OS(=O)(=O)c2cccc3ccccc23)cc1. The third-order valence-corrected chi connectivity index (χ3v) is 5.97. The molecule has 3 rings (SSSR count). The number of nitrogens with zero attached hydrogens (tertiary/aromatic N) is 1. The van der Waals surface area contributed by atoms with Crippen LogP contribution in [0, 0.1) is 0 Å². The first kappa shape index (κ1) is 19.1. The van der Waals surface area contributed by atoms with Crippen molar-refractivity contribution in [2.45, 2.75) is 38.0 Å². The summed E-state index contributed by atoms with van der Waals surface area (Å²) in [6.07, 6.45) is 1.07. The number of hydrogen-bond acceptors (Lipinski definition) is 4. The Hall–Kier alpha value is -2.66. The number of benzene rings is 3. The minimum Gasteiger partial charge on any atom is -0.264 e. The van der Waals surface area contributed by atoms with E-state index in [1.165, 1.54) is 11.6 Å². The predicted octanol–water partition coefficient (Wildman–Crippen LogP) is 5.48. The van der Waals surface area contributed by atoms with E-state index >= 15 is 0 Å². The third kappa shape index (κ3) is 4.19. The molecule has 0 fully saturated rings. The molecule has 0 radical (unpaired) electrons. The van der Waals surface area contributed by atoms with Crippen molar-refractivity contribution in [2.75, 3.05) is 0 Å². The molecule has 0 aliphatic carbocycles. The fourth-order valence-electron chi connectivity index (χ4n) is 2.90. The molecule has 0 spiro atoms. The lowest BCUT2D eigenvalue weighted by atomic mass is 9.97. The lowest BCUT2D eigenvalue weighted by molar-refractivity contribution is 0.339. The van der Waals surface area contributed by atoms with Gasteiger partial charge in [-0.15, -0.1) is 0 Å². The van der Waals surface area contributed by atoms with E-state index in [1.807, 2.05) is 42.5 Å². The van der Waals surface area contributed by atoms with Crippen LogP contribution in [0.5, 0.6) is 0 Å². The molecule has 3 aromatic rings. The summed E-state index contributed by atoms with van der Waals surface area (Å²) in [4.78, 5) is 0.115. The van der Waals surface area contributed by atoms with Crippen molar-refractivity contribution in [3.63, 3.8) is 0 Å². The van der Waals surface area contributed by atoms with Gasteiger partial charge in [-0.2, -0.15) is 8.42 Å². The van der Waals surface area contributed by atoms with Gasteiger partial charge in [0.2, 0.25) is 0 Å². The zero-order chi connectivity index (χ0) is 19.4. The van der Waals surface area contributed by atoms with Gasteiger partial charge in [0.25, 0.3) is 0 Å². The van der Waals surface area contributed by atoms with Crippen LogP contribution in [-0.2, 0) is 14.4 Å². The van der Waals surface area contributed by atoms with Crippen molar-refractivity contribution < 1.29 is 12.7 Å². The maximum atomic E-state index is 12.6. The van der Waals surface area contributed by atoms with Gasteiger partial charge in [0.05, 0.1) is 5.71 Å². The lowest BCUT2D eigenvalue weighted by Gasteiger charge is -2.10. The molecule has 1 atom stereocenters. The van der Waals surface area contributed by atoms with Gasteiger partial charge in [-0.1, -0.05) is 79.7 Å². The van der Waals surface area contributed by atoms with Crippen LogP contribution in [-0.4, -0.2) is 14.1 Å². The monoisotopic (exact) mass is 381 g/mol. The number of fused-ring (bicyclic) bond motifs is 1. The van der Waals surface area contributed by atoms with Crippen LogP contribution >= 0.6 is 0 Å². The molecule has 140 valence electrons. The zero-order valence-corrected chi connectivity index (χ0v) is 16.5. The van der Waals surface area contributed by atoms with Crippen molar-refractivity contribution in [3.8, 4) is 0 Å². The Morgan fingerprint density at radius 1 is 1.00 bits per heavy atom. The van der Waals surface area contributed by atoms with E-state index in [1.54, 1.807) is 25.1 Å². The van der Waals surface area contributed by atoms with Gasteiger partial charge in [-0.25, -0.2) is 0 Å². The van der Waals surface area contributed by atoms with Crippen LogP contribution in [0.15, 0.2) is 76.8 Å². The average Bonchev–Trinajstić information content (AvgIpc) is 2.71. The van der Waals surface area contributed by atoms with E-state index in [-0.39, 0.29) is 4.90 Å². The number of oxime groups is 1. The molecule has 4 nitrogen and oxygen atoms in total. The second-order valence-corrected chi connectivity index (χ2v) is 8.11. The number of hydrogen-bond donors (Lipinski definition) is 0. The molecule has 5 heteroatoms. The standard InChI is InChI=1S/C22H23NO3S/c1-4-16(2)18-12-14-19(15-13-18)17(3)23-26-27(24,25)22-11-7-9-20-8-5-6-10-21(20)22/h5-16H,4H2,1-3H3/b23-17-. The molecule has 0 aliphatic rings. The quantitative estimate of drug-likeness (QED) is 0.419. The van der Waals surface area contributed by atoms with E-state index in [0.29, 0.717) is 17.0 Å². The highest BCUT2D eigenvalue weighted by Crippen LogP contribution is 2.25. The van der Waals surface area contributed by atoms with E-state index in [4.69, 9.17) is 4.28 Å². The highest BCUT2D eigenvalue weighted by Gasteiger charge is 2.19. The molecule has 0 aromatic heterocycles. The Morgan fingerprint density at radius 3 is 2.37 bits per heavy atom. The van der Waals surface area contributed by atoms with Crippen LogP contribution in [0.25, 0.3) is 10.8 Å². The molecule has 0 heterocycles. The highest BCUT2D eigenvalue weighted by molar-refractivity contribution is 7.87. The van der Waals surface area contributed by atoms with Gasteiger partial charge in [-0.3, -0.25) is 4.28 Å². The molecular weight excluding hydrogens is 358 g/mol. The second kappa shape index (κ2) is 7.92. The Labute approximate surface area is 160 Å². The molecular formula is C22H23NO3S. The van der Waals surface area contributed by atoms with Crippen molar-refractivity contribution in [1.82, 2.24) is 0 Å². The van der Waals surface area contributed by atoms with Crippen molar-refractivity contribution in [3.05, 3.63) is 77.9 Å². The highest BCUT2D eigenvalue weighted by atomic mass is 32.2. The first-order valence-corrected chi connectivity index (χ1v) is 10.4. The van der Waals surface area contributed by atoms with Crippen LogP contribution in [0.3, 0.4) is 0 Å². The summed E-state index contributed by atoms with van der Waals surface area (Å²) in [6, 6.07) is 20.3. The summed E-state index contributed by atoms with van der Waals surface area (Å²) in [7, 11) is -4.00. The largest absolute Gasteiger partial charge is 0.359 e. The Morgan fingerprint density at radius 2 is 1.67 bits per heavy atom. The Kier molecular flexibility index (Phi) is 5.61. The summed E-state index contributed by atoms with van der Waals surface area (Å²) in [5.41, 5.74) is 2.59. The number of rotatable bonds is 6. The topological polar surface area (TPSA) is 55.7 Å². The minimum absolute atomic E-state index is 0.115. The summed E-state index contributed by atoms with van der Waals surface area (Å²) in [5, 5.41) is 5.33. The first-order valence-electron chi connectivity index (χ1n) is 8.98. The smallest absolute Gasteiger partial charge is 0.264 e. The molecule has 0 saturated heterocycles. The summed E-state index contributed by atoms with van der Waals surface area (Å²) < 4.78 is 30.3. The van der Waals surface area contributed by atoms with Gasteiger partial charge in [0.15, 0.2) is 0 Å². The zero-order valence-electron chi connectivity index (χ0n) is 15.7. The van der Waals surface area contributed by atoms with Crippen LogP contribution < -0.4 is 0 Å². The molecule has 0 N–H and O–H groups in total. The predicted molar refractivity (Wildman–Crippen MR) is 110 cm³/mol. The lowest BCUT2D eigenvalue weighted by Crippen LogP contribution is -2.06. The van der Waals surface area contributed by atoms with E-state index in [2.05, 4.69) is 19.0 Å². The van der Waals surface area contributed by atoms with E-state index < -0.39 is 10.1 Å². The van der Waals surface area contributed by atoms with Gasteiger partial charge in [0.1, 0.15) is 4.90 Å². The molecule has 0 amide bonds. The van der Waals surface area contributed by atoms with Crippen LogP contribution in [0.2, 0.25) is 0 Å². The van der Waals surface area contributed by atoms with Gasteiger partial charge in [-0.05, 0) is 41.8 Å².